The summed E-state index contributed by atoms with van der Waals surface area (Å²) in [5, 5.41) is 8.64. The van der Waals surface area contributed by atoms with E-state index in [0.717, 1.165) is 0 Å². The van der Waals surface area contributed by atoms with Crippen LogP contribution in [0.1, 0.15) is 13.8 Å². The van der Waals surface area contributed by atoms with Gasteiger partial charge in [0.25, 0.3) is 5.92 Å². The highest BCUT2D eigenvalue weighted by molar-refractivity contribution is 4.88. The molecule has 1 N–H and O–H groups in total. The van der Waals surface area contributed by atoms with Crippen LogP contribution >= 0.6 is 0 Å². The smallest absolute Gasteiger partial charge is 0.287 e. The molecule has 0 radical (unpaired) electrons. The van der Waals surface area contributed by atoms with Gasteiger partial charge in [-0.3, -0.25) is 4.90 Å². The van der Waals surface area contributed by atoms with E-state index in [0.29, 0.717) is 0 Å². The quantitative estimate of drug-likeness (QED) is 0.580. The Hall–Kier alpha value is -0.220. The molecule has 4 heteroatoms. The first-order valence-electron chi connectivity index (χ1n) is 3.77. The highest BCUT2D eigenvalue weighted by Crippen LogP contribution is 2.25. The van der Waals surface area contributed by atoms with Crippen molar-refractivity contribution in [2.45, 2.75) is 25.9 Å². The van der Waals surface area contributed by atoms with Crippen LogP contribution in [0.2, 0.25) is 0 Å². The SMILES string of the molecule is CC.CN1CC(O)C(F)(F)C1. The Morgan fingerprint density at radius 2 is 1.91 bits per heavy atom. The summed E-state index contributed by atoms with van der Waals surface area (Å²) in [7, 11) is 1.56. The van der Waals surface area contributed by atoms with Crippen LogP contribution in [-0.2, 0) is 0 Å². The number of likely N-dealkylation sites (N-methyl/N-ethyl adjacent to an activating group) is 1. The van der Waals surface area contributed by atoms with Gasteiger partial charge >= 0.3 is 0 Å². The van der Waals surface area contributed by atoms with Gasteiger partial charge in [0, 0.05) is 6.54 Å². The number of alkyl halides is 2. The van der Waals surface area contributed by atoms with Crippen molar-refractivity contribution < 1.29 is 13.9 Å². The maximum atomic E-state index is 12.3. The van der Waals surface area contributed by atoms with Crippen LogP contribution in [0.4, 0.5) is 8.78 Å². The monoisotopic (exact) mass is 167 g/mol. The number of aliphatic hydroxyl groups excluding tert-OH is 1. The maximum absolute atomic E-state index is 12.3. The number of aliphatic hydroxyl groups is 1. The number of hydrogen-bond donors (Lipinski definition) is 1. The Morgan fingerprint density at radius 1 is 1.45 bits per heavy atom. The molecule has 1 fully saturated rings. The lowest BCUT2D eigenvalue weighted by atomic mass is 10.2. The Morgan fingerprint density at radius 3 is 2.00 bits per heavy atom. The van der Waals surface area contributed by atoms with Gasteiger partial charge in [-0.2, -0.15) is 0 Å². The molecule has 11 heavy (non-hydrogen) atoms. The second-order valence-electron chi connectivity index (χ2n) is 2.47. The third kappa shape index (κ3) is 2.71. The molecule has 0 saturated carbocycles. The van der Waals surface area contributed by atoms with Crippen molar-refractivity contribution in [3.63, 3.8) is 0 Å². The number of β-amino-alcohol motifs (C(OH)–C–C–N with tert-alkyl or cyclic N) is 1. The van der Waals surface area contributed by atoms with Gasteiger partial charge < -0.3 is 5.11 Å². The van der Waals surface area contributed by atoms with Crippen LogP contribution in [0.15, 0.2) is 0 Å². The molecule has 1 heterocycles. The minimum Gasteiger partial charge on any atom is -0.385 e. The minimum absolute atomic E-state index is 0.0764. The Balaban J connectivity index is 0.000000461. The molecule has 1 aliphatic heterocycles. The van der Waals surface area contributed by atoms with Crippen LogP contribution < -0.4 is 0 Å². The number of nitrogens with zero attached hydrogens (tertiary/aromatic N) is 1. The van der Waals surface area contributed by atoms with E-state index in [1.165, 1.54) is 4.90 Å². The number of halogens is 2. The third-order valence-corrected chi connectivity index (χ3v) is 1.45. The van der Waals surface area contributed by atoms with Crippen LogP contribution in [0.3, 0.4) is 0 Å². The summed E-state index contributed by atoms with van der Waals surface area (Å²) in [6, 6.07) is 0. The Kier molecular flexibility index (Phi) is 3.89. The summed E-state index contributed by atoms with van der Waals surface area (Å²) in [4.78, 5) is 1.41. The first-order chi connectivity index (χ1) is 5.02. The summed E-state index contributed by atoms with van der Waals surface area (Å²) in [6.07, 6.45) is -1.47. The van der Waals surface area contributed by atoms with Gasteiger partial charge in [-0.1, -0.05) is 13.8 Å². The molecule has 1 atom stereocenters. The first-order valence-corrected chi connectivity index (χ1v) is 3.77. The fourth-order valence-corrected chi connectivity index (χ4v) is 0.959. The molecular formula is C7H15F2NO. The maximum Gasteiger partial charge on any atom is 0.287 e. The lowest BCUT2D eigenvalue weighted by Crippen LogP contribution is -2.31. The molecule has 1 saturated heterocycles. The molecule has 1 unspecified atom stereocenters. The van der Waals surface area contributed by atoms with E-state index in [2.05, 4.69) is 0 Å². The molecule has 68 valence electrons. The summed E-state index contributed by atoms with van der Waals surface area (Å²) >= 11 is 0. The summed E-state index contributed by atoms with van der Waals surface area (Å²) in [6.45, 7) is 3.75. The molecule has 0 bridgehead atoms. The predicted molar refractivity (Wildman–Crippen MR) is 39.8 cm³/mol. The van der Waals surface area contributed by atoms with Gasteiger partial charge in [-0.15, -0.1) is 0 Å². The van der Waals surface area contributed by atoms with Gasteiger partial charge in [0.15, 0.2) is 0 Å². The fraction of sp³-hybridized carbons (Fsp3) is 1.00. The van der Waals surface area contributed by atoms with E-state index in [1.807, 2.05) is 13.8 Å². The van der Waals surface area contributed by atoms with Crippen molar-refractivity contribution in [1.82, 2.24) is 4.90 Å². The molecule has 1 aliphatic rings. The van der Waals surface area contributed by atoms with Crippen LogP contribution in [0, 0.1) is 0 Å². The van der Waals surface area contributed by atoms with Gasteiger partial charge in [0.2, 0.25) is 0 Å². The van der Waals surface area contributed by atoms with E-state index in [4.69, 9.17) is 5.11 Å². The third-order valence-electron chi connectivity index (χ3n) is 1.45. The Labute approximate surface area is 65.8 Å². The lowest BCUT2D eigenvalue weighted by molar-refractivity contribution is -0.0727. The van der Waals surface area contributed by atoms with Crippen molar-refractivity contribution in [3.05, 3.63) is 0 Å². The van der Waals surface area contributed by atoms with Crippen LogP contribution in [-0.4, -0.2) is 42.2 Å². The van der Waals surface area contributed by atoms with Crippen molar-refractivity contribution in [2.24, 2.45) is 0 Å². The van der Waals surface area contributed by atoms with Crippen molar-refractivity contribution in [3.8, 4) is 0 Å². The normalized spacial score (nSPS) is 29.5. The molecule has 0 aromatic heterocycles. The van der Waals surface area contributed by atoms with E-state index in [9.17, 15) is 8.78 Å². The van der Waals surface area contributed by atoms with Gasteiger partial charge in [0.1, 0.15) is 6.10 Å². The molecule has 1 rings (SSSR count). The van der Waals surface area contributed by atoms with Crippen molar-refractivity contribution in [2.75, 3.05) is 20.1 Å². The second-order valence-corrected chi connectivity index (χ2v) is 2.47. The Bertz CT molecular complexity index is 119. The first kappa shape index (κ1) is 10.8. The highest BCUT2D eigenvalue weighted by Gasteiger charge is 2.45. The minimum atomic E-state index is -2.89. The zero-order chi connectivity index (χ0) is 9.07. The van der Waals surface area contributed by atoms with Crippen molar-refractivity contribution >= 4 is 0 Å². The number of likely N-dealkylation sites (tertiary alicyclic amines) is 1. The van der Waals surface area contributed by atoms with Gasteiger partial charge in [0.05, 0.1) is 6.54 Å². The highest BCUT2D eigenvalue weighted by atomic mass is 19.3. The largest absolute Gasteiger partial charge is 0.385 e. The van der Waals surface area contributed by atoms with E-state index >= 15 is 0 Å². The second kappa shape index (κ2) is 3.97. The standard InChI is InChI=1S/C5H9F2NO.C2H6/c1-8-2-4(9)5(6,7)3-8;1-2/h4,9H,2-3H2,1H3;1-2H3. The summed E-state index contributed by atoms with van der Waals surface area (Å²) < 4.78 is 24.6. The fourth-order valence-electron chi connectivity index (χ4n) is 0.959. The number of hydrogen-bond acceptors (Lipinski definition) is 2. The van der Waals surface area contributed by atoms with Crippen molar-refractivity contribution in [1.29, 1.82) is 0 Å². The molecule has 0 aromatic carbocycles. The summed E-state index contributed by atoms with van der Waals surface area (Å²) in [5.41, 5.74) is 0. The van der Waals surface area contributed by atoms with Crippen LogP contribution in [0.5, 0.6) is 0 Å². The van der Waals surface area contributed by atoms with E-state index in [1.54, 1.807) is 7.05 Å². The number of rotatable bonds is 0. The zero-order valence-corrected chi connectivity index (χ0v) is 7.14. The zero-order valence-electron chi connectivity index (χ0n) is 7.14. The molecule has 0 aromatic rings. The molecular weight excluding hydrogens is 152 g/mol. The average Bonchev–Trinajstić information content (AvgIpc) is 2.10. The van der Waals surface area contributed by atoms with E-state index in [-0.39, 0.29) is 13.1 Å². The topological polar surface area (TPSA) is 23.5 Å². The molecule has 0 amide bonds. The average molecular weight is 167 g/mol. The van der Waals surface area contributed by atoms with Gasteiger partial charge in [-0.25, -0.2) is 8.78 Å². The van der Waals surface area contributed by atoms with Gasteiger partial charge in [-0.05, 0) is 7.05 Å². The molecule has 2 nitrogen and oxygen atoms in total. The van der Waals surface area contributed by atoms with E-state index < -0.39 is 12.0 Å². The molecule has 0 aliphatic carbocycles. The predicted octanol–water partition coefficient (Wildman–Crippen LogP) is 0.954. The lowest BCUT2D eigenvalue weighted by Gasteiger charge is -2.10. The summed E-state index contributed by atoms with van der Waals surface area (Å²) in [5.74, 6) is -2.89. The molecule has 0 spiro atoms. The van der Waals surface area contributed by atoms with Crippen LogP contribution in [0.25, 0.3) is 0 Å².